The topological polar surface area (TPSA) is 135 Å². The molecule has 200 valence electrons. The molecule has 0 aliphatic heterocycles. The van der Waals surface area contributed by atoms with Gasteiger partial charge in [0.1, 0.15) is 11.3 Å². The van der Waals surface area contributed by atoms with Gasteiger partial charge in [-0.2, -0.15) is 0 Å². The molecule has 40 heavy (non-hydrogen) atoms. The number of rotatable bonds is 5. The number of benzene rings is 1. The molecule has 10 nitrogen and oxygen atoms in total. The number of hydrogen-bond donors (Lipinski definition) is 2. The number of fused-ring (bicyclic) bond motifs is 2. The Bertz CT molecular complexity index is 1860. The Hall–Kier alpha value is -5.12. The second-order valence-electron chi connectivity index (χ2n) is 10.6. The molecule has 0 unspecified atom stereocenters. The highest BCUT2D eigenvalue weighted by Gasteiger charge is 2.18. The third-order valence-electron chi connectivity index (χ3n) is 6.19. The van der Waals surface area contributed by atoms with Crippen LogP contribution in [0, 0.1) is 5.41 Å². The molecule has 0 fully saturated rings. The maximum atomic E-state index is 5.79. The Morgan fingerprint density at radius 1 is 0.650 bits per heavy atom. The summed E-state index contributed by atoms with van der Waals surface area (Å²) in [6, 6.07) is 17.8. The minimum atomic E-state index is 0.130. The van der Waals surface area contributed by atoms with Gasteiger partial charge in [-0.3, -0.25) is 0 Å². The molecule has 2 N–H and O–H groups in total. The first-order valence-electron chi connectivity index (χ1n) is 13.0. The summed E-state index contributed by atoms with van der Waals surface area (Å²) in [4.78, 5) is 14.7. The molecule has 6 heterocycles. The maximum Gasteiger partial charge on any atom is 0.248 e. The Kier molecular flexibility index (Phi) is 6.65. The smallest absolute Gasteiger partial charge is 0.248 e. The minimum absolute atomic E-state index is 0.130. The van der Waals surface area contributed by atoms with Gasteiger partial charge in [-0.25, -0.2) is 9.97 Å². The van der Waals surface area contributed by atoms with Gasteiger partial charge in [0, 0.05) is 42.0 Å². The fraction of sp³-hybridized carbons (Fsp3) is 0.200. The summed E-state index contributed by atoms with van der Waals surface area (Å²) in [5, 5.41) is 18.5. The molecule has 0 saturated heterocycles. The first-order valence-corrected chi connectivity index (χ1v) is 13.0. The first-order chi connectivity index (χ1) is 19.4. The standard InChI is InChI=1S/C16H12N4O.C14H16N4O/c1-2-4-11(5-3-1)10-14-19-20-16(21-14)13-7-9-18-15-12(13)6-8-17-15;1-14(2,3)8-11-17-18-13(19-11)10-5-7-16-12-9(10)4-6-15-12/h1-9H,10H2,(H,17,18);4-7H,8H2,1-3H3,(H,15,16). The highest BCUT2D eigenvalue weighted by molar-refractivity contribution is 5.91. The Morgan fingerprint density at radius 2 is 1.20 bits per heavy atom. The number of pyridine rings is 2. The highest BCUT2D eigenvalue weighted by Crippen LogP contribution is 2.28. The monoisotopic (exact) mass is 532 g/mol. The average molecular weight is 533 g/mol. The van der Waals surface area contributed by atoms with Crippen molar-refractivity contribution in [2.24, 2.45) is 5.41 Å². The minimum Gasteiger partial charge on any atom is -0.421 e. The van der Waals surface area contributed by atoms with Crippen LogP contribution in [0.15, 0.2) is 88.2 Å². The Labute approximate surface area is 229 Å². The van der Waals surface area contributed by atoms with Gasteiger partial charge in [-0.15, -0.1) is 20.4 Å². The Morgan fingerprint density at radius 3 is 1.77 bits per heavy atom. The molecular formula is C30H28N8O2. The van der Waals surface area contributed by atoms with Crippen molar-refractivity contribution in [1.29, 1.82) is 0 Å². The van der Waals surface area contributed by atoms with Crippen LogP contribution in [0.3, 0.4) is 0 Å². The molecule has 0 amide bonds. The molecule has 0 atom stereocenters. The highest BCUT2D eigenvalue weighted by atomic mass is 16.4. The van der Waals surface area contributed by atoms with Gasteiger partial charge in [0.05, 0.1) is 17.5 Å². The fourth-order valence-electron chi connectivity index (χ4n) is 4.39. The van der Waals surface area contributed by atoms with Crippen LogP contribution in [0.5, 0.6) is 0 Å². The van der Waals surface area contributed by atoms with Crippen LogP contribution in [-0.4, -0.2) is 40.3 Å². The molecule has 7 rings (SSSR count). The number of hydrogen-bond acceptors (Lipinski definition) is 8. The van der Waals surface area contributed by atoms with E-state index < -0.39 is 0 Å². The van der Waals surface area contributed by atoms with Crippen molar-refractivity contribution < 1.29 is 8.83 Å². The Balaban J connectivity index is 0.000000145. The molecule has 0 spiro atoms. The number of nitrogens with one attached hydrogen (secondary N) is 2. The van der Waals surface area contributed by atoms with Crippen molar-refractivity contribution in [2.75, 3.05) is 0 Å². The number of aromatic nitrogens is 8. The zero-order valence-corrected chi connectivity index (χ0v) is 22.4. The number of aromatic amines is 2. The molecule has 10 heteroatoms. The van der Waals surface area contributed by atoms with E-state index in [1.165, 1.54) is 0 Å². The van der Waals surface area contributed by atoms with Crippen molar-refractivity contribution in [3.05, 3.63) is 96.7 Å². The molecule has 1 aromatic carbocycles. The predicted octanol–water partition coefficient (Wildman–Crippen LogP) is 6.41. The van der Waals surface area contributed by atoms with E-state index in [1.807, 2.05) is 67.0 Å². The van der Waals surface area contributed by atoms with Gasteiger partial charge in [0.25, 0.3) is 0 Å². The molecular weight excluding hydrogens is 504 g/mol. The molecule has 6 aromatic heterocycles. The van der Waals surface area contributed by atoms with E-state index in [9.17, 15) is 0 Å². The summed E-state index contributed by atoms with van der Waals surface area (Å²) in [7, 11) is 0. The first kappa shape index (κ1) is 25.2. The lowest BCUT2D eigenvalue weighted by atomic mass is 9.92. The van der Waals surface area contributed by atoms with Gasteiger partial charge in [-0.1, -0.05) is 51.1 Å². The normalized spacial score (nSPS) is 11.6. The van der Waals surface area contributed by atoms with Crippen LogP contribution in [-0.2, 0) is 12.8 Å². The van der Waals surface area contributed by atoms with E-state index in [0.717, 1.165) is 45.2 Å². The molecule has 0 aliphatic rings. The number of nitrogens with zero attached hydrogens (tertiary/aromatic N) is 6. The van der Waals surface area contributed by atoms with E-state index in [1.54, 1.807) is 12.4 Å². The third-order valence-corrected chi connectivity index (χ3v) is 6.19. The lowest BCUT2D eigenvalue weighted by Gasteiger charge is -2.14. The SMILES string of the molecule is CC(C)(C)Cc1nnc(-c2ccnc3[nH]ccc23)o1.c1ccc(Cc2nnc(-c3ccnc4[nH]ccc34)o2)cc1. The van der Waals surface area contributed by atoms with Crippen molar-refractivity contribution in [3.63, 3.8) is 0 Å². The van der Waals surface area contributed by atoms with E-state index in [-0.39, 0.29) is 5.41 Å². The van der Waals surface area contributed by atoms with Gasteiger partial charge in [-0.05, 0) is 35.2 Å². The van der Waals surface area contributed by atoms with Crippen molar-refractivity contribution >= 4 is 22.1 Å². The van der Waals surface area contributed by atoms with Gasteiger partial charge in [0.15, 0.2) is 0 Å². The lowest BCUT2D eigenvalue weighted by molar-refractivity contribution is 0.357. The molecule has 0 saturated carbocycles. The van der Waals surface area contributed by atoms with Crippen LogP contribution < -0.4 is 0 Å². The second-order valence-corrected chi connectivity index (χ2v) is 10.6. The fourth-order valence-corrected chi connectivity index (χ4v) is 4.39. The van der Waals surface area contributed by atoms with Crippen LogP contribution in [0.4, 0.5) is 0 Å². The summed E-state index contributed by atoms with van der Waals surface area (Å²) in [5.74, 6) is 2.35. The summed E-state index contributed by atoms with van der Waals surface area (Å²) < 4.78 is 11.5. The summed E-state index contributed by atoms with van der Waals surface area (Å²) >= 11 is 0. The van der Waals surface area contributed by atoms with E-state index in [0.29, 0.717) is 30.0 Å². The van der Waals surface area contributed by atoms with Crippen LogP contribution in [0.25, 0.3) is 45.0 Å². The molecule has 0 bridgehead atoms. The van der Waals surface area contributed by atoms with E-state index in [2.05, 4.69) is 61.1 Å². The van der Waals surface area contributed by atoms with Crippen LogP contribution >= 0.6 is 0 Å². The van der Waals surface area contributed by atoms with E-state index >= 15 is 0 Å². The van der Waals surface area contributed by atoms with Gasteiger partial charge < -0.3 is 18.8 Å². The lowest BCUT2D eigenvalue weighted by Crippen LogP contribution is -2.09. The predicted molar refractivity (Wildman–Crippen MR) is 151 cm³/mol. The van der Waals surface area contributed by atoms with Crippen molar-refractivity contribution in [2.45, 2.75) is 33.6 Å². The number of H-pyrrole nitrogens is 2. The molecule has 0 aliphatic carbocycles. The second kappa shape index (κ2) is 10.6. The van der Waals surface area contributed by atoms with E-state index in [4.69, 9.17) is 8.83 Å². The summed E-state index contributed by atoms with van der Waals surface area (Å²) in [6.45, 7) is 6.44. The molecule has 7 aromatic rings. The summed E-state index contributed by atoms with van der Waals surface area (Å²) in [5.41, 5.74) is 4.73. The van der Waals surface area contributed by atoms with Crippen LogP contribution in [0.1, 0.15) is 38.1 Å². The van der Waals surface area contributed by atoms with Crippen LogP contribution in [0.2, 0.25) is 0 Å². The summed E-state index contributed by atoms with van der Waals surface area (Å²) in [6.07, 6.45) is 8.57. The van der Waals surface area contributed by atoms with Gasteiger partial charge in [0.2, 0.25) is 23.6 Å². The quantitative estimate of drug-likeness (QED) is 0.260. The van der Waals surface area contributed by atoms with Crippen molar-refractivity contribution in [3.8, 4) is 22.9 Å². The third kappa shape index (κ3) is 5.51. The zero-order valence-electron chi connectivity index (χ0n) is 22.4. The van der Waals surface area contributed by atoms with Gasteiger partial charge >= 0.3 is 0 Å². The van der Waals surface area contributed by atoms with Crippen molar-refractivity contribution in [1.82, 2.24) is 40.3 Å². The maximum absolute atomic E-state index is 5.79. The average Bonchev–Trinajstić information content (AvgIpc) is 3.75. The molecule has 0 radical (unpaired) electrons. The largest absolute Gasteiger partial charge is 0.421 e. The zero-order chi connectivity index (χ0) is 27.5.